The third kappa shape index (κ3) is 2.28. The van der Waals surface area contributed by atoms with Crippen molar-refractivity contribution in [1.82, 2.24) is 0 Å². The molecule has 0 fully saturated rings. The van der Waals surface area contributed by atoms with Crippen molar-refractivity contribution in [2.45, 2.75) is 19.4 Å². The molecule has 0 unspecified atom stereocenters. The zero-order chi connectivity index (χ0) is 8.32. The zero-order valence-corrected chi connectivity index (χ0v) is 7.44. The van der Waals surface area contributed by atoms with E-state index in [2.05, 4.69) is 5.92 Å². The average Bonchev–Trinajstić information content (AvgIpc) is 2.39. The van der Waals surface area contributed by atoms with Crippen LogP contribution in [0.3, 0.4) is 0 Å². The van der Waals surface area contributed by atoms with Gasteiger partial charge in [0.2, 0.25) is 0 Å². The van der Waals surface area contributed by atoms with Gasteiger partial charge in [-0.25, -0.2) is 0 Å². The van der Waals surface area contributed by atoms with Gasteiger partial charge in [0.25, 0.3) is 0 Å². The smallest absolute Gasteiger partial charge is 0.176 e. The molecule has 1 heterocycles. The van der Waals surface area contributed by atoms with Crippen molar-refractivity contribution in [3.63, 3.8) is 0 Å². The lowest BCUT2D eigenvalue weighted by Gasteiger charge is -2.18. The van der Waals surface area contributed by atoms with E-state index < -0.39 is 5.60 Å². The fourth-order valence-electron chi connectivity index (χ4n) is 0.603. The number of ether oxygens (including phenoxy) is 1. The summed E-state index contributed by atoms with van der Waals surface area (Å²) in [5.74, 6) is 2.56. The first-order valence-electron chi connectivity index (χ1n) is 3.34. The van der Waals surface area contributed by atoms with Crippen LogP contribution in [0.4, 0.5) is 0 Å². The van der Waals surface area contributed by atoms with Crippen LogP contribution in [0, 0.1) is 12.3 Å². The van der Waals surface area contributed by atoms with Crippen molar-refractivity contribution in [3.8, 4) is 17.4 Å². The lowest BCUT2D eigenvalue weighted by Crippen LogP contribution is -2.24. The summed E-state index contributed by atoms with van der Waals surface area (Å²) >= 11 is 1.55. The summed E-state index contributed by atoms with van der Waals surface area (Å²) in [4.78, 5) is 0. The van der Waals surface area contributed by atoms with Gasteiger partial charge in [-0.05, 0) is 31.4 Å². The molecule has 0 radical (unpaired) electrons. The molecule has 0 atom stereocenters. The summed E-state index contributed by atoms with van der Waals surface area (Å²) in [6.07, 6.45) is 5.25. The third-order valence-corrected chi connectivity index (χ3v) is 1.94. The van der Waals surface area contributed by atoms with E-state index in [0.717, 1.165) is 5.06 Å². The summed E-state index contributed by atoms with van der Waals surface area (Å²) in [6, 6.07) is 3.84. The molecule has 0 spiro atoms. The highest BCUT2D eigenvalue weighted by atomic mass is 32.1. The minimum absolute atomic E-state index is 0.495. The molecule has 0 aromatic carbocycles. The molecule has 0 saturated carbocycles. The van der Waals surface area contributed by atoms with Gasteiger partial charge in [-0.1, -0.05) is 5.92 Å². The second-order valence-electron chi connectivity index (χ2n) is 2.69. The molecule has 0 bridgehead atoms. The Morgan fingerprint density at radius 3 is 2.82 bits per heavy atom. The van der Waals surface area contributed by atoms with E-state index >= 15 is 0 Å². The number of thiophene rings is 1. The Morgan fingerprint density at radius 1 is 1.64 bits per heavy atom. The van der Waals surface area contributed by atoms with Crippen LogP contribution >= 0.6 is 11.3 Å². The first-order valence-corrected chi connectivity index (χ1v) is 4.22. The van der Waals surface area contributed by atoms with Gasteiger partial charge in [0.05, 0.1) is 0 Å². The lowest BCUT2D eigenvalue weighted by atomic mass is 10.1. The van der Waals surface area contributed by atoms with Crippen LogP contribution in [0.5, 0.6) is 5.06 Å². The maximum Gasteiger partial charge on any atom is 0.176 e. The van der Waals surface area contributed by atoms with Crippen LogP contribution in [0.1, 0.15) is 13.8 Å². The predicted octanol–water partition coefficient (Wildman–Crippen LogP) is 2.54. The van der Waals surface area contributed by atoms with Crippen molar-refractivity contribution in [3.05, 3.63) is 17.5 Å². The molecule has 11 heavy (non-hydrogen) atoms. The standard InChI is InChI=1S/C9H10OS/c1-4-9(2,3)10-8-6-5-7-11-8/h1,5-7H,2-3H3. The van der Waals surface area contributed by atoms with E-state index in [0.29, 0.717) is 0 Å². The number of rotatable bonds is 2. The normalized spacial score (nSPS) is 10.6. The second kappa shape index (κ2) is 2.98. The molecule has 1 nitrogen and oxygen atoms in total. The highest BCUT2D eigenvalue weighted by Crippen LogP contribution is 2.23. The summed E-state index contributed by atoms with van der Waals surface area (Å²) in [5.41, 5.74) is -0.495. The van der Waals surface area contributed by atoms with Crippen LogP contribution < -0.4 is 4.74 Å². The molecule has 0 N–H and O–H groups in total. The Kier molecular flexibility index (Phi) is 2.21. The SMILES string of the molecule is C#CC(C)(C)Oc1cccs1. The van der Waals surface area contributed by atoms with Gasteiger partial charge in [0.15, 0.2) is 10.7 Å². The van der Waals surface area contributed by atoms with E-state index in [1.165, 1.54) is 0 Å². The van der Waals surface area contributed by atoms with Crippen molar-refractivity contribution >= 4 is 11.3 Å². The topological polar surface area (TPSA) is 9.23 Å². The van der Waals surface area contributed by atoms with Gasteiger partial charge >= 0.3 is 0 Å². The van der Waals surface area contributed by atoms with Crippen molar-refractivity contribution in [2.75, 3.05) is 0 Å². The van der Waals surface area contributed by atoms with E-state index in [9.17, 15) is 0 Å². The minimum Gasteiger partial charge on any atom is -0.466 e. The molecule has 1 aromatic heterocycles. The molecule has 2 heteroatoms. The summed E-state index contributed by atoms with van der Waals surface area (Å²) in [7, 11) is 0. The molecule has 0 saturated heterocycles. The average molecular weight is 166 g/mol. The van der Waals surface area contributed by atoms with Crippen molar-refractivity contribution < 1.29 is 4.74 Å². The molecular weight excluding hydrogens is 156 g/mol. The molecule has 1 rings (SSSR count). The Labute approximate surface area is 71.0 Å². The van der Waals surface area contributed by atoms with Crippen LogP contribution in [0.2, 0.25) is 0 Å². The predicted molar refractivity (Wildman–Crippen MR) is 47.9 cm³/mol. The number of terminal acetylenes is 1. The summed E-state index contributed by atoms with van der Waals surface area (Å²) in [5, 5.41) is 2.83. The molecule has 58 valence electrons. The maximum atomic E-state index is 5.47. The number of hydrogen-bond acceptors (Lipinski definition) is 2. The van der Waals surface area contributed by atoms with E-state index in [1.807, 2.05) is 31.4 Å². The van der Waals surface area contributed by atoms with Crippen molar-refractivity contribution in [1.29, 1.82) is 0 Å². The quantitative estimate of drug-likeness (QED) is 0.613. The van der Waals surface area contributed by atoms with Gasteiger partial charge in [0.1, 0.15) is 0 Å². The van der Waals surface area contributed by atoms with Crippen LogP contribution in [0.15, 0.2) is 17.5 Å². The lowest BCUT2D eigenvalue weighted by molar-refractivity contribution is 0.179. The fourth-order valence-corrected chi connectivity index (χ4v) is 1.31. The van der Waals surface area contributed by atoms with Gasteiger partial charge in [-0.3, -0.25) is 0 Å². The van der Waals surface area contributed by atoms with Gasteiger partial charge < -0.3 is 4.74 Å². The van der Waals surface area contributed by atoms with Crippen molar-refractivity contribution in [2.24, 2.45) is 0 Å². The first kappa shape index (κ1) is 8.16. The minimum atomic E-state index is -0.495. The molecule has 0 amide bonds. The van der Waals surface area contributed by atoms with Crippen LogP contribution in [0.25, 0.3) is 0 Å². The van der Waals surface area contributed by atoms with E-state index in [4.69, 9.17) is 11.2 Å². The fraction of sp³-hybridized carbons (Fsp3) is 0.333. The monoisotopic (exact) mass is 166 g/mol. The van der Waals surface area contributed by atoms with Gasteiger partial charge in [-0.15, -0.1) is 17.8 Å². The molecule has 0 aliphatic rings. The Balaban J connectivity index is 2.65. The molecule has 0 aliphatic heterocycles. The third-order valence-electron chi connectivity index (χ3n) is 1.20. The van der Waals surface area contributed by atoms with Gasteiger partial charge in [-0.2, -0.15) is 0 Å². The Bertz CT molecular complexity index is 254. The summed E-state index contributed by atoms with van der Waals surface area (Å²) < 4.78 is 5.47. The highest BCUT2D eigenvalue weighted by Gasteiger charge is 2.15. The summed E-state index contributed by atoms with van der Waals surface area (Å²) in [6.45, 7) is 3.74. The van der Waals surface area contributed by atoms with Crippen LogP contribution in [-0.4, -0.2) is 5.60 Å². The largest absolute Gasteiger partial charge is 0.466 e. The molecule has 1 aromatic rings. The zero-order valence-electron chi connectivity index (χ0n) is 6.63. The number of hydrogen-bond donors (Lipinski definition) is 0. The maximum absolute atomic E-state index is 5.47. The highest BCUT2D eigenvalue weighted by molar-refractivity contribution is 7.11. The first-order chi connectivity index (χ1) is 5.14. The van der Waals surface area contributed by atoms with E-state index in [1.54, 1.807) is 11.3 Å². The van der Waals surface area contributed by atoms with E-state index in [-0.39, 0.29) is 0 Å². The van der Waals surface area contributed by atoms with Gasteiger partial charge in [0, 0.05) is 0 Å². The van der Waals surface area contributed by atoms with Crippen LogP contribution in [-0.2, 0) is 0 Å². The Hall–Kier alpha value is -0.940. The molecular formula is C9H10OS. The second-order valence-corrected chi connectivity index (χ2v) is 3.60. The molecule has 0 aliphatic carbocycles. The Morgan fingerprint density at radius 2 is 2.36 bits per heavy atom.